The highest BCUT2D eigenvalue weighted by atomic mass is 32.2. The molecule has 0 aliphatic heterocycles. The molecule has 0 N–H and O–H groups in total. The molecule has 0 aliphatic rings. The second-order valence-corrected chi connectivity index (χ2v) is 7.50. The second kappa shape index (κ2) is 7.54. The minimum atomic E-state index is -1.28. The lowest BCUT2D eigenvalue weighted by molar-refractivity contribution is 0.626. The van der Waals surface area contributed by atoms with Gasteiger partial charge in [0, 0.05) is 37.1 Å². The van der Waals surface area contributed by atoms with E-state index < -0.39 is 11.0 Å². The molecule has 1 atom stereocenters. The third-order valence-electron chi connectivity index (χ3n) is 3.23. The Labute approximate surface area is 139 Å². The molecule has 0 saturated heterocycles. The van der Waals surface area contributed by atoms with Crippen LogP contribution in [0.1, 0.15) is 6.42 Å². The predicted molar refractivity (Wildman–Crippen MR) is 98.8 cm³/mol. The molecular formula is C15H20N2OS3. The van der Waals surface area contributed by atoms with Crippen LogP contribution < -0.4 is 4.90 Å². The number of nitrogens with zero attached hydrogens (tertiary/aromatic N) is 2. The Bertz CT molecular complexity index is 646. The topological polar surface area (TPSA) is 23.6 Å². The molecule has 21 heavy (non-hydrogen) atoms. The lowest BCUT2D eigenvalue weighted by atomic mass is 10.1. The summed E-state index contributed by atoms with van der Waals surface area (Å²) in [5.74, 6) is 0.759. The van der Waals surface area contributed by atoms with Crippen molar-refractivity contribution >= 4 is 52.9 Å². The lowest BCUT2D eigenvalue weighted by Gasteiger charge is -2.18. The van der Waals surface area contributed by atoms with Crippen molar-refractivity contribution in [1.29, 1.82) is 0 Å². The first-order valence-electron chi connectivity index (χ1n) is 6.74. The normalized spacial score (nSPS) is 12.8. The van der Waals surface area contributed by atoms with E-state index in [1.807, 2.05) is 38.4 Å². The van der Waals surface area contributed by atoms with Gasteiger partial charge in [0.05, 0.1) is 4.90 Å². The maximum atomic E-state index is 12.7. The molecule has 0 amide bonds. The molecule has 2 aromatic carbocycles. The molecule has 2 aromatic rings. The molecule has 0 bridgehead atoms. The third-order valence-corrected chi connectivity index (χ3v) is 5.49. The van der Waals surface area contributed by atoms with E-state index in [2.05, 4.69) is 42.5 Å². The van der Waals surface area contributed by atoms with Gasteiger partial charge in [0.25, 0.3) is 0 Å². The SMILES string of the molecule is CN(C)c1cccc2c(S(=O)N(S)CCCS)cccc12. The molecule has 0 fully saturated rings. The highest BCUT2D eigenvalue weighted by molar-refractivity contribution is 7.96. The van der Waals surface area contributed by atoms with Crippen molar-refractivity contribution < 1.29 is 4.21 Å². The summed E-state index contributed by atoms with van der Waals surface area (Å²) in [5.41, 5.74) is 1.12. The van der Waals surface area contributed by atoms with E-state index in [0.29, 0.717) is 6.54 Å². The van der Waals surface area contributed by atoms with Crippen molar-refractivity contribution in [3.05, 3.63) is 36.4 Å². The zero-order valence-corrected chi connectivity index (χ0v) is 14.8. The van der Waals surface area contributed by atoms with E-state index >= 15 is 0 Å². The maximum absolute atomic E-state index is 12.7. The van der Waals surface area contributed by atoms with Crippen molar-refractivity contribution in [2.24, 2.45) is 0 Å². The lowest BCUT2D eigenvalue weighted by Crippen LogP contribution is -2.18. The first-order valence-corrected chi connectivity index (χ1v) is 8.88. The van der Waals surface area contributed by atoms with Crippen LogP contribution in [0, 0.1) is 0 Å². The fourth-order valence-electron chi connectivity index (χ4n) is 2.21. The standard InChI is InChI=1S/C15H20N2OS3/c1-16(2)14-8-3-7-13-12(14)6-4-9-15(13)21(18)17(20)10-5-11-19/h3-4,6-9,19-20H,5,10-11H2,1-2H3. The van der Waals surface area contributed by atoms with Crippen LogP contribution in [0.3, 0.4) is 0 Å². The maximum Gasteiger partial charge on any atom is 0.138 e. The van der Waals surface area contributed by atoms with Crippen molar-refractivity contribution in [3.63, 3.8) is 0 Å². The summed E-state index contributed by atoms with van der Waals surface area (Å²) in [6.07, 6.45) is 0.853. The van der Waals surface area contributed by atoms with E-state index in [9.17, 15) is 4.21 Å². The molecule has 0 spiro atoms. The molecule has 1 unspecified atom stereocenters. The molecule has 6 heteroatoms. The highest BCUT2D eigenvalue weighted by Crippen LogP contribution is 2.30. The summed E-state index contributed by atoms with van der Waals surface area (Å²) >= 11 is 8.53. The Morgan fingerprint density at radius 2 is 1.76 bits per heavy atom. The smallest absolute Gasteiger partial charge is 0.138 e. The minimum Gasteiger partial charge on any atom is -0.377 e. The van der Waals surface area contributed by atoms with Crippen LogP contribution in [-0.2, 0) is 11.0 Å². The van der Waals surface area contributed by atoms with E-state index in [4.69, 9.17) is 0 Å². The van der Waals surface area contributed by atoms with E-state index in [1.54, 1.807) is 3.71 Å². The number of fused-ring (bicyclic) bond motifs is 1. The summed E-state index contributed by atoms with van der Waals surface area (Å²) in [5, 5.41) is 2.11. The van der Waals surface area contributed by atoms with Crippen molar-refractivity contribution in [1.82, 2.24) is 3.71 Å². The Balaban J connectivity index is 2.45. The Kier molecular flexibility index (Phi) is 5.98. The van der Waals surface area contributed by atoms with Crippen LogP contribution in [-0.4, -0.2) is 34.3 Å². The van der Waals surface area contributed by atoms with E-state index in [1.165, 1.54) is 0 Å². The van der Waals surface area contributed by atoms with E-state index in [0.717, 1.165) is 33.5 Å². The molecule has 0 radical (unpaired) electrons. The summed E-state index contributed by atoms with van der Waals surface area (Å²) in [6.45, 7) is 0.642. The minimum absolute atomic E-state index is 0.642. The monoisotopic (exact) mass is 340 g/mol. The fourth-order valence-corrected chi connectivity index (χ4v) is 3.84. The van der Waals surface area contributed by atoms with Gasteiger partial charge in [0.2, 0.25) is 0 Å². The van der Waals surface area contributed by atoms with Crippen LogP contribution in [0.4, 0.5) is 5.69 Å². The average molecular weight is 341 g/mol. The number of anilines is 1. The van der Waals surface area contributed by atoms with Crippen LogP contribution in [0.2, 0.25) is 0 Å². The zero-order valence-electron chi connectivity index (χ0n) is 12.2. The van der Waals surface area contributed by atoms with Crippen LogP contribution in [0.15, 0.2) is 41.3 Å². The number of thiol groups is 2. The van der Waals surface area contributed by atoms with Crippen LogP contribution in [0.25, 0.3) is 10.8 Å². The first-order chi connectivity index (χ1) is 10.1. The Hall–Kier alpha value is -0.690. The van der Waals surface area contributed by atoms with Crippen LogP contribution in [0.5, 0.6) is 0 Å². The molecule has 0 heterocycles. The third kappa shape index (κ3) is 3.74. The van der Waals surface area contributed by atoms with Gasteiger partial charge in [-0.05, 0) is 24.3 Å². The second-order valence-electron chi connectivity index (χ2n) is 4.92. The largest absolute Gasteiger partial charge is 0.377 e. The molecule has 114 valence electrons. The number of hydrogen-bond donors (Lipinski definition) is 2. The Morgan fingerprint density at radius 1 is 1.10 bits per heavy atom. The van der Waals surface area contributed by atoms with Crippen LogP contribution >= 0.6 is 25.4 Å². The van der Waals surface area contributed by atoms with Crippen molar-refractivity contribution in [2.75, 3.05) is 31.3 Å². The number of hydrogen-bond acceptors (Lipinski definition) is 4. The zero-order chi connectivity index (χ0) is 15.4. The summed E-state index contributed by atoms with van der Waals surface area (Å²) < 4.78 is 14.2. The van der Waals surface area contributed by atoms with Gasteiger partial charge in [-0.2, -0.15) is 16.3 Å². The highest BCUT2D eigenvalue weighted by Gasteiger charge is 2.15. The van der Waals surface area contributed by atoms with Gasteiger partial charge in [0.1, 0.15) is 11.0 Å². The van der Waals surface area contributed by atoms with Gasteiger partial charge in [-0.15, -0.1) is 0 Å². The molecule has 0 aliphatic carbocycles. The summed E-state index contributed by atoms with van der Waals surface area (Å²) in [4.78, 5) is 2.86. The number of benzene rings is 2. The van der Waals surface area contributed by atoms with Gasteiger partial charge in [-0.25, -0.2) is 4.21 Å². The molecule has 0 saturated carbocycles. The van der Waals surface area contributed by atoms with Crippen molar-refractivity contribution in [3.8, 4) is 0 Å². The number of rotatable bonds is 6. The van der Waals surface area contributed by atoms with Gasteiger partial charge in [-0.3, -0.25) is 0 Å². The van der Waals surface area contributed by atoms with E-state index in [-0.39, 0.29) is 0 Å². The molecule has 3 nitrogen and oxygen atoms in total. The first kappa shape index (κ1) is 16.7. The Morgan fingerprint density at radius 3 is 2.43 bits per heavy atom. The average Bonchev–Trinajstić information content (AvgIpc) is 2.50. The van der Waals surface area contributed by atoms with Gasteiger partial charge >= 0.3 is 0 Å². The molecular weight excluding hydrogens is 320 g/mol. The molecule has 0 aromatic heterocycles. The summed E-state index contributed by atoms with van der Waals surface area (Å²) in [6, 6.07) is 12.0. The van der Waals surface area contributed by atoms with Gasteiger partial charge in [0.15, 0.2) is 0 Å². The predicted octanol–water partition coefficient (Wildman–Crippen LogP) is 3.40. The molecule has 2 rings (SSSR count). The summed E-state index contributed by atoms with van der Waals surface area (Å²) in [7, 11) is 2.74. The fraction of sp³-hybridized carbons (Fsp3) is 0.333. The van der Waals surface area contributed by atoms with Gasteiger partial charge < -0.3 is 4.90 Å². The van der Waals surface area contributed by atoms with Crippen molar-refractivity contribution in [2.45, 2.75) is 11.3 Å². The quantitative estimate of drug-likeness (QED) is 0.788. The van der Waals surface area contributed by atoms with Gasteiger partial charge in [-0.1, -0.05) is 37.1 Å².